The van der Waals surface area contributed by atoms with Crippen LogP contribution in [0.4, 0.5) is 8.78 Å². The second kappa shape index (κ2) is 4.22. The van der Waals surface area contributed by atoms with Crippen molar-refractivity contribution in [2.24, 2.45) is 0 Å². The monoisotopic (exact) mass is 232 g/mol. The lowest BCUT2D eigenvalue weighted by Crippen LogP contribution is -2.55. The fourth-order valence-electron chi connectivity index (χ4n) is 3.09. The molecule has 0 spiro atoms. The van der Waals surface area contributed by atoms with Crippen molar-refractivity contribution in [3.63, 3.8) is 0 Å². The predicted octanol–water partition coefficient (Wildman–Crippen LogP) is 2.20. The Morgan fingerprint density at radius 3 is 2.38 bits per heavy atom. The van der Waals surface area contributed by atoms with Gasteiger partial charge >= 0.3 is 0 Å². The molecule has 16 heavy (non-hydrogen) atoms. The van der Waals surface area contributed by atoms with Crippen LogP contribution in [0.3, 0.4) is 0 Å². The quantitative estimate of drug-likeness (QED) is 0.733. The molecule has 2 heterocycles. The van der Waals surface area contributed by atoms with E-state index in [1.807, 2.05) is 4.90 Å². The summed E-state index contributed by atoms with van der Waals surface area (Å²) in [5, 5.41) is 0. The van der Waals surface area contributed by atoms with Gasteiger partial charge in [-0.05, 0) is 26.7 Å². The molecule has 2 nitrogen and oxygen atoms in total. The predicted molar refractivity (Wildman–Crippen MR) is 60.8 cm³/mol. The largest absolute Gasteiger partial charge is 0.292 e. The number of rotatable bonds is 4. The van der Waals surface area contributed by atoms with E-state index < -0.39 is 6.43 Å². The summed E-state index contributed by atoms with van der Waals surface area (Å²) in [5.74, 6) is 0. The number of piperazine rings is 1. The van der Waals surface area contributed by atoms with Gasteiger partial charge in [-0.3, -0.25) is 9.80 Å². The molecule has 0 aromatic carbocycles. The molecule has 2 aliphatic heterocycles. The van der Waals surface area contributed by atoms with Gasteiger partial charge < -0.3 is 0 Å². The second-order valence-electron chi connectivity index (χ2n) is 5.71. The van der Waals surface area contributed by atoms with Crippen LogP contribution in [0.5, 0.6) is 0 Å². The SMILES string of the molecule is CCC(C)(C)N1CC2CC1CN2CC(F)F. The molecular formula is C12H22F2N2. The summed E-state index contributed by atoms with van der Waals surface area (Å²) in [5.41, 5.74) is 0.219. The van der Waals surface area contributed by atoms with Crippen LogP contribution in [0.2, 0.25) is 0 Å². The van der Waals surface area contributed by atoms with Crippen molar-refractivity contribution in [3.8, 4) is 0 Å². The number of likely N-dealkylation sites (tertiary alicyclic amines) is 2. The molecule has 0 aromatic rings. The zero-order valence-corrected chi connectivity index (χ0v) is 10.4. The van der Waals surface area contributed by atoms with Crippen molar-refractivity contribution >= 4 is 0 Å². The summed E-state index contributed by atoms with van der Waals surface area (Å²) in [6.45, 7) is 8.47. The number of halogens is 2. The van der Waals surface area contributed by atoms with Crippen molar-refractivity contribution in [1.82, 2.24) is 9.80 Å². The van der Waals surface area contributed by atoms with E-state index in [9.17, 15) is 8.78 Å². The fraction of sp³-hybridized carbons (Fsp3) is 1.00. The third-order valence-electron chi connectivity index (χ3n) is 4.37. The molecule has 0 aromatic heterocycles. The molecule has 2 fully saturated rings. The molecule has 0 amide bonds. The molecule has 94 valence electrons. The molecule has 0 radical (unpaired) electrons. The van der Waals surface area contributed by atoms with Gasteiger partial charge in [-0.1, -0.05) is 6.92 Å². The van der Waals surface area contributed by atoms with Gasteiger partial charge in [0, 0.05) is 30.7 Å². The van der Waals surface area contributed by atoms with Crippen molar-refractivity contribution in [2.75, 3.05) is 19.6 Å². The maximum Gasteiger partial charge on any atom is 0.251 e. The Balaban J connectivity index is 1.95. The van der Waals surface area contributed by atoms with Crippen molar-refractivity contribution in [2.45, 2.75) is 57.7 Å². The van der Waals surface area contributed by atoms with Crippen molar-refractivity contribution in [1.29, 1.82) is 0 Å². The van der Waals surface area contributed by atoms with Crippen molar-refractivity contribution in [3.05, 3.63) is 0 Å². The molecule has 0 aliphatic carbocycles. The summed E-state index contributed by atoms with van der Waals surface area (Å²) in [6, 6.07) is 0.864. The molecule has 2 aliphatic rings. The minimum Gasteiger partial charge on any atom is -0.292 e. The Morgan fingerprint density at radius 1 is 1.25 bits per heavy atom. The molecule has 2 bridgehead atoms. The second-order valence-corrected chi connectivity index (χ2v) is 5.71. The Labute approximate surface area is 96.6 Å². The highest BCUT2D eigenvalue weighted by Crippen LogP contribution is 2.36. The first kappa shape index (κ1) is 12.2. The lowest BCUT2D eigenvalue weighted by Gasteiger charge is -2.43. The van der Waals surface area contributed by atoms with E-state index in [0.29, 0.717) is 12.1 Å². The fourth-order valence-corrected chi connectivity index (χ4v) is 3.09. The zero-order chi connectivity index (χ0) is 11.9. The van der Waals surface area contributed by atoms with E-state index >= 15 is 0 Å². The minimum atomic E-state index is -2.19. The van der Waals surface area contributed by atoms with Crippen LogP contribution in [-0.4, -0.2) is 53.5 Å². The van der Waals surface area contributed by atoms with Gasteiger partial charge in [0.2, 0.25) is 0 Å². The maximum atomic E-state index is 12.4. The van der Waals surface area contributed by atoms with E-state index in [-0.39, 0.29) is 12.1 Å². The van der Waals surface area contributed by atoms with Crippen LogP contribution < -0.4 is 0 Å². The maximum absolute atomic E-state index is 12.4. The third-order valence-corrected chi connectivity index (χ3v) is 4.37. The summed E-state index contributed by atoms with van der Waals surface area (Å²) < 4.78 is 24.7. The lowest BCUT2D eigenvalue weighted by atomic mass is 9.98. The number of nitrogens with zero attached hydrogens (tertiary/aromatic N) is 2. The Bertz CT molecular complexity index is 255. The first-order valence-corrected chi connectivity index (χ1v) is 6.23. The van der Waals surface area contributed by atoms with Gasteiger partial charge in [0.15, 0.2) is 0 Å². The molecule has 2 atom stereocenters. The molecule has 4 heteroatoms. The summed E-state index contributed by atoms with van der Waals surface area (Å²) in [4.78, 5) is 4.48. The third kappa shape index (κ3) is 2.09. The van der Waals surface area contributed by atoms with Crippen LogP contribution in [0.25, 0.3) is 0 Å². The van der Waals surface area contributed by atoms with Gasteiger partial charge in [-0.2, -0.15) is 0 Å². The number of hydrogen-bond acceptors (Lipinski definition) is 2. The van der Waals surface area contributed by atoms with Crippen LogP contribution in [0, 0.1) is 0 Å². The average molecular weight is 232 g/mol. The highest BCUT2D eigenvalue weighted by atomic mass is 19.3. The molecular weight excluding hydrogens is 210 g/mol. The van der Waals surface area contributed by atoms with E-state index in [0.717, 1.165) is 25.9 Å². The van der Waals surface area contributed by atoms with Crippen LogP contribution in [0.1, 0.15) is 33.6 Å². The summed E-state index contributed by atoms with van der Waals surface area (Å²) in [6.07, 6.45) is 0.00768. The molecule has 2 saturated heterocycles. The number of alkyl halides is 2. The smallest absolute Gasteiger partial charge is 0.251 e. The minimum absolute atomic E-state index is 0.0401. The van der Waals surface area contributed by atoms with E-state index in [1.54, 1.807) is 0 Å². The molecule has 2 unspecified atom stereocenters. The Hall–Kier alpha value is -0.220. The van der Waals surface area contributed by atoms with Gasteiger partial charge in [0.05, 0.1) is 6.54 Å². The van der Waals surface area contributed by atoms with Gasteiger partial charge in [-0.15, -0.1) is 0 Å². The lowest BCUT2D eigenvalue weighted by molar-refractivity contribution is 0.0177. The summed E-state index contributed by atoms with van der Waals surface area (Å²) in [7, 11) is 0. The van der Waals surface area contributed by atoms with Crippen LogP contribution in [0.15, 0.2) is 0 Å². The van der Waals surface area contributed by atoms with Gasteiger partial charge in [0.1, 0.15) is 0 Å². The highest BCUT2D eigenvalue weighted by molar-refractivity contribution is 5.03. The first-order chi connectivity index (χ1) is 7.44. The van der Waals surface area contributed by atoms with E-state index in [4.69, 9.17) is 0 Å². The van der Waals surface area contributed by atoms with E-state index in [2.05, 4.69) is 25.7 Å². The normalized spacial score (nSPS) is 31.9. The highest BCUT2D eigenvalue weighted by Gasteiger charge is 2.47. The Morgan fingerprint density at radius 2 is 1.94 bits per heavy atom. The van der Waals surface area contributed by atoms with Crippen molar-refractivity contribution < 1.29 is 8.78 Å². The molecule has 2 rings (SSSR count). The zero-order valence-electron chi connectivity index (χ0n) is 10.4. The molecule has 0 N–H and O–H groups in total. The topological polar surface area (TPSA) is 6.48 Å². The number of hydrogen-bond donors (Lipinski definition) is 0. The van der Waals surface area contributed by atoms with Crippen LogP contribution >= 0.6 is 0 Å². The standard InChI is InChI=1S/C12H22F2N2/c1-4-12(2,3)16-7-9-5-10(16)6-15(9)8-11(13)14/h9-11H,4-8H2,1-3H3. The number of fused-ring (bicyclic) bond motifs is 2. The average Bonchev–Trinajstić information content (AvgIpc) is 2.75. The molecule has 0 saturated carbocycles. The Kier molecular flexibility index (Phi) is 3.23. The van der Waals surface area contributed by atoms with Crippen LogP contribution in [-0.2, 0) is 0 Å². The summed E-state index contributed by atoms with van der Waals surface area (Å²) >= 11 is 0. The first-order valence-electron chi connectivity index (χ1n) is 6.23. The van der Waals surface area contributed by atoms with Gasteiger partial charge in [0.25, 0.3) is 6.43 Å². The van der Waals surface area contributed by atoms with Gasteiger partial charge in [-0.25, -0.2) is 8.78 Å². The van der Waals surface area contributed by atoms with E-state index in [1.165, 1.54) is 0 Å².